The van der Waals surface area contributed by atoms with Gasteiger partial charge in [0.2, 0.25) is 5.91 Å². The number of hydrogen-bond donors (Lipinski definition) is 2. The van der Waals surface area contributed by atoms with Crippen LogP contribution in [0.15, 0.2) is 91.0 Å². The van der Waals surface area contributed by atoms with Crippen LogP contribution in [-0.2, 0) is 11.3 Å². The maximum atomic E-state index is 13.3. The number of rotatable bonds is 6. The average Bonchev–Trinajstić information content (AvgIpc) is 2.88. The van der Waals surface area contributed by atoms with Gasteiger partial charge in [-0.05, 0) is 36.5 Å². The Morgan fingerprint density at radius 3 is 2.15 bits per heavy atom. The SMILES string of the molecule is C[C@H](NC(=O)[C@H]1CC[C@@H](c2ccccc2)N(C(=O)NCc2ccccc2)C1)c1ccccc1. The number of carbonyl (C=O) groups is 2. The first-order chi connectivity index (χ1) is 16.1. The van der Waals surface area contributed by atoms with E-state index in [1.54, 1.807) is 0 Å². The Labute approximate surface area is 195 Å². The van der Waals surface area contributed by atoms with Gasteiger partial charge in [-0.25, -0.2) is 4.79 Å². The molecule has 0 spiro atoms. The van der Waals surface area contributed by atoms with Gasteiger partial charge in [0.05, 0.1) is 18.0 Å². The second-order valence-corrected chi connectivity index (χ2v) is 8.64. The van der Waals surface area contributed by atoms with Crippen molar-refractivity contribution in [3.05, 3.63) is 108 Å². The molecule has 0 radical (unpaired) electrons. The molecule has 170 valence electrons. The largest absolute Gasteiger partial charge is 0.349 e. The lowest BCUT2D eigenvalue weighted by molar-refractivity contribution is -0.127. The molecule has 1 saturated heterocycles. The van der Waals surface area contributed by atoms with Crippen LogP contribution in [0.1, 0.15) is 48.5 Å². The van der Waals surface area contributed by atoms with Crippen molar-refractivity contribution in [3.63, 3.8) is 0 Å². The summed E-state index contributed by atoms with van der Waals surface area (Å²) in [5.41, 5.74) is 3.22. The fraction of sp³-hybridized carbons (Fsp3) is 0.286. The number of nitrogens with one attached hydrogen (secondary N) is 2. The lowest BCUT2D eigenvalue weighted by Crippen LogP contribution is -2.50. The fourth-order valence-corrected chi connectivity index (χ4v) is 4.46. The highest BCUT2D eigenvalue weighted by atomic mass is 16.2. The van der Waals surface area contributed by atoms with Gasteiger partial charge in [-0.15, -0.1) is 0 Å². The molecule has 0 bridgehead atoms. The van der Waals surface area contributed by atoms with E-state index in [1.165, 1.54) is 0 Å². The monoisotopic (exact) mass is 441 g/mol. The number of urea groups is 1. The van der Waals surface area contributed by atoms with E-state index in [1.807, 2.05) is 90.7 Å². The molecule has 3 aromatic rings. The summed E-state index contributed by atoms with van der Waals surface area (Å²) in [7, 11) is 0. The third kappa shape index (κ3) is 5.80. The predicted octanol–water partition coefficient (Wildman–Crippen LogP) is 5.23. The van der Waals surface area contributed by atoms with Crippen LogP contribution in [0, 0.1) is 5.92 Å². The second kappa shape index (κ2) is 10.8. The highest BCUT2D eigenvalue weighted by Crippen LogP contribution is 2.34. The zero-order valence-electron chi connectivity index (χ0n) is 19.0. The van der Waals surface area contributed by atoms with Crippen LogP contribution in [0.3, 0.4) is 0 Å². The van der Waals surface area contributed by atoms with Crippen LogP contribution < -0.4 is 10.6 Å². The van der Waals surface area contributed by atoms with Gasteiger partial charge in [0, 0.05) is 13.1 Å². The minimum absolute atomic E-state index is 0.00118. The van der Waals surface area contributed by atoms with Crippen molar-refractivity contribution in [2.75, 3.05) is 6.54 Å². The maximum Gasteiger partial charge on any atom is 0.318 e. The molecule has 3 aromatic carbocycles. The molecule has 0 aliphatic carbocycles. The smallest absolute Gasteiger partial charge is 0.318 e. The van der Waals surface area contributed by atoms with Gasteiger partial charge in [0.15, 0.2) is 0 Å². The Morgan fingerprint density at radius 1 is 0.879 bits per heavy atom. The third-order valence-corrected chi connectivity index (χ3v) is 6.34. The Hall–Kier alpha value is -3.60. The van der Waals surface area contributed by atoms with E-state index in [9.17, 15) is 9.59 Å². The van der Waals surface area contributed by atoms with Crippen molar-refractivity contribution >= 4 is 11.9 Å². The van der Waals surface area contributed by atoms with Crippen molar-refractivity contribution < 1.29 is 9.59 Å². The zero-order chi connectivity index (χ0) is 23.0. The van der Waals surface area contributed by atoms with Gasteiger partial charge in [-0.2, -0.15) is 0 Å². The van der Waals surface area contributed by atoms with Crippen molar-refractivity contribution in [1.82, 2.24) is 15.5 Å². The molecule has 1 fully saturated rings. The summed E-state index contributed by atoms with van der Waals surface area (Å²) in [5, 5.41) is 6.19. The van der Waals surface area contributed by atoms with Crippen LogP contribution in [0.25, 0.3) is 0 Å². The fourth-order valence-electron chi connectivity index (χ4n) is 4.46. The summed E-state index contributed by atoms with van der Waals surface area (Å²) in [6.45, 7) is 2.85. The van der Waals surface area contributed by atoms with Gasteiger partial charge in [-0.3, -0.25) is 4.79 Å². The Bertz CT molecular complexity index is 1040. The second-order valence-electron chi connectivity index (χ2n) is 8.64. The Kier molecular flexibility index (Phi) is 7.40. The quantitative estimate of drug-likeness (QED) is 0.550. The van der Waals surface area contributed by atoms with Crippen LogP contribution in [0.2, 0.25) is 0 Å². The summed E-state index contributed by atoms with van der Waals surface area (Å²) in [6.07, 6.45) is 1.50. The number of nitrogens with zero attached hydrogens (tertiary/aromatic N) is 1. The zero-order valence-corrected chi connectivity index (χ0v) is 19.0. The molecule has 0 aromatic heterocycles. The minimum Gasteiger partial charge on any atom is -0.349 e. The molecule has 3 amide bonds. The van der Waals surface area contributed by atoms with Crippen LogP contribution >= 0.6 is 0 Å². The van der Waals surface area contributed by atoms with Crippen molar-refractivity contribution in [2.45, 2.75) is 38.4 Å². The normalized spacial score (nSPS) is 18.9. The first-order valence-electron chi connectivity index (χ1n) is 11.6. The van der Waals surface area contributed by atoms with E-state index in [2.05, 4.69) is 22.8 Å². The molecule has 0 unspecified atom stereocenters. The van der Waals surface area contributed by atoms with Gasteiger partial charge in [0.1, 0.15) is 0 Å². The molecule has 1 heterocycles. The lowest BCUT2D eigenvalue weighted by Gasteiger charge is -2.39. The highest BCUT2D eigenvalue weighted by molar-refractivity contribution is 5.81. The molecule has 33 heavy (non-hydrogen) atoms. The van der Waals surface area contributed by atoms with Crippen LogP contribution in [0.5, 0.6) is 0 Å². The number of benzene rings is 3. The molecule has 1 aliphatic rings. The standard InChI is InChI=1S/C28H31N3O2/c1-21(23-13-7-3-8-14-23)30-27(32)25-17-18-26(24-15-9-4-10-16-24)31(20-25)28(33)29-19-22-11-5-2-6-12-22/h2-16,21,25-26H,17-20H2,1H3,(H,29,33)(H,30,32)/t21-,25-,26-/m0/s1. The molecule has 0 saturated carbocycles. The van der Waals surface area contributed by atoms with E-state index < -0.39 is 0 Å². The van der Waals surface area contributed by atoms with Crippen molar-refractivity contribution in [2.24, 2.45) is 5.92 Å². The maximum absolute atomic E-state index is 13.3. The van der Waals surface area contributed by atoms with Crippen LogP contribution in [-0.4, -0.2) is 23.4 Å². The Morgan fingerprint density at radius 2 is 1.48 bits per heavy atom. The molecule has 1 aliphatic heterocycles. The number of likely N-dealkylation sites (tertiary alicyclic amines) is 1. The first kappa shape index (κ1) is 22.6. The van der Waals surface area contributed by atoms with Gasteiger partial charge in [0.25, 0.3) is 0 Å². The molecule has 3 atom stereocenters. The number of piperidine rings is 1. The van der Waals surface area contributed by atoms with E-state index in [0.717, 1.165) is 29.5 Å². The highest BCUT2D eigenvalue weighted by Gasteiger charge is 2.35. The predicted molar refractivity (Wildman–Crippen MR) is 130 cm³/mol. The van der Waals surface area contributed by atoms with E-state index in [4.69, 9.17) is 0 Å². The summed E-state index contributed by atoms with van der Waals surface area (Å²) < 4.78 is 0. The molecule has 5 heteroatoms. The topological polar surface area (TPSA) is 61.4 Å². The van der Waals surface area contributed by atoms with E-state index >= 15 is 0 Å². The molecule has 2 N–H and O–H groups in total. The average molecular weight is 442 g/mol. The third-order valence-electron chi connectivity index (χ3n) is 6.34. The Balaban J connectivity index is 1.46. The lowest BCUT2D eigenvalue weighted by atomic mass is 9.88. The minimum atomic E-state index is -0.237. The molecule has 4 rings (SSSR count). The molecular weight excluding hydrogens is 410 g/mol. The van der Waals surface area contributed by atoms with Crippen molar-refractivity contribution in [3.8, 4) is 0 Å². The number of carbonyl (C=O) groups excluding carboxylic acids is 2. The van der Waals surface area contributed by atoms with E-state index in [-0.39, 0.29) is 29.9 Å². The summed E-state index contributed by atoms with van der Waals surface area (Å²) in [5.74, 6) is -0.239. The van der Waals surface area contributed by atoms with Gasteiger partial charge >= 0.3 is 6.03 Å². The summed E-state index contributed by atoms with van der Waals surface area (Å²) in [6, 6.07) is 29.6. The van der Waals surface area contributed by atoms with Gasteiger partial charge in [-0.1, -0.05) is 91.0 Å². The number of amides is 3. The van der Waals surface area contributed by atoms with Crippen LogP contribution in [0.4, 0.5) is 4.79 Å². The summed E-state index contributed by atoms with van der Waals surface area (Å²) >= 11 is 0. The molecule has 5 nitrogen and oxygen atoms in total. The van der Waals surface area contributed by atoms with Crippen molar-refractivity contribution in [1.29, 1.82) is 0 Å². The summed E-state index contributed by atoms with van der Waals surface area (Å²) in [4.78, 5) is 28.2. The first-order valence-corrected chi connectivity index (χ1v) is 11.6. The van der Waals surface area contributed by atoms with E-state index in [0.29, 0.717) is 13.1 Å². The van der Waals surface area contributed by atoms with Gasteiger partial charge < -0.3 is 15.5 Å². The number of hydrogen-bond acceptors (Lipinski definition) is 2. The molecular formula is C28H31N3O2.